The monoisotopic (exact) mass is 503 g/mol. The third kappa shape index (κ3) is 9.34. The predicted molar refractivity (Wildman–Crippen MR) is 133 cm³/mol. The van der Waals surface area contributed by atoms with Gasteiger partial charge in [0.25, 0.3) is 10.1 Å². The molecular weight excluding hydrogens is 463 g/mol. The van der Waals surface area contributed by atoms with Crippen LogP contribution in [-0.2, 0) is 23.8 Å². The molecule has 7 nitrogen and oxygen atoms in total. The van der Waals surface area contributed by atoms with Crippen molar-refractivity contribution in [2.45, 2.75) is 64.2 Å². The summed E-state index contributed by atoms with van der Waals surface area (Å²) >= 11 is 0. The van der Waals surface area contributed by atoms with Gasteiger partial charge in [0.1, 0.15) is 6.61 Å². The van der Waals surface area contributed by atoms with E-state index in [1.54, 1.807) is 0 Å². The standard InChI is InChI=1S/C24H40O7PS/c1-6-9-13-32(14-10-7-2,15-11-8-3)16-12-31-33(27,28)22-18-20(23(25)29-4)17-21(19-22)24(26)30-5/h17-19H,6-16H2,1-5H3/q+1. The second-order valence-electron chi connectivity index (χ2n) is 8.30. The average molecular weight is 504 g/mol. The highest BCUT2D eigenvalue weighted by Crippen LogP contribution is 2.60. The average Bonchev–Trinajstić information content (AvgIpc) is 2.83. The van der Waals surface area contributed by atoms with Crippen molar-refractivity contribution in [2.24, 2.45) is 0 Å². The Labute approximate surface area is 200 Å². The molecule has 0 saturated carbocycles. The van der Waals surface area contributed by atoms with Crippen molar-refractivity contribution in [1.29, 1.82) is 0 Å². The van der Waals surface area contributed by atoms with Crippen LogP contribution in [0.5, 0.6) is 0 Å². The van der Waals surface area contributed by atoms with Gasteiger partial charge in [0.05, 0.1) is 54.9 Å². The van der Waals surface area contributed by atoms with Gasteiger partial charge < -0.3 is 9.47 Å². The van der Waals surface area contributed by atoms with E-state index in [9.17, 15) is 18.0 Å². The predicted octanol–water partition coefficient (Wildman–Crippen LogP) is 5.38. The van der Waals surface area contributed by atoms with E-state index >= 15 is 0 Å². The minimum Gasteiger partial charge on any atom is -0.465 e. The topological polar surface area (TPSA) is 96.0 Å². The zero-order chi connectivity index (χ0) is 24.9. The molecule has 1 aromatic rings. The van der Waals surface area contributed by atoms with Gasteiger partial charge in [-0.2, -0.15) is 8.42 Å². The molecule has 188 valence electrons. The Balaban J connectivity index is 3.13. The minimum atomic E-state index is -4.17. The van der Waals surface area contributed by atoms with Crippen LogP contribution in [0.2, 0.25) is 0 Å². The summed E-state index contributed by atoms with van der Waals surface area (Å²) in [6.07, 6.45) is 11.1. The second-order valence-corrected chi connectivity index (χ2v) is 14.4. The molecule has 0 aliphatic carbocycles. The Morgan fingerprint density at radius 2 is 1.18 bits per heavy atom. The Hall–Kier alpha value is -1.50. The van der Waals surface area contributed by atoms with Gasteiger partial charge >= 0.3 is 11.9 Å². The van der Waals surface area contributed by atoms with Gasteiger partial charge in [-0.15, -0.1) is 0 Å². The van der Waals surface area contributed by atoms with E-state index < -0.39 is 29.3 Å². The van der Waals surface area contributed by atoms with Gasteiger partial charge in [0.15, 0.2) is 0 Å². The summed E-state index contributed by atoms with van der Waals surface area (Å²) in [6.45, 7) is 6.65. The van der Waals surface area contributed by atoms with Crippen LogP contribution < -0.4 is 0 Å². The lowest BCUT2D eigenvalue weighted by molar-refractivity contribution is 0.0598. The van der Waals surface area contributed by atoms with Crippen LogP contribution >= 0.6 is 7.26 Å². The van der Waals surface area contributed by atoms with Crippen molar-refractivity contribution >= 4 is 29.3 Å². The van der Waals surface area contributed by atoms with Crippen LogP contribution in [0.1, 0.15) is 80.0 Å². The lowest BCUT2D eigenvalue weighted by Gasteiger charge is -2.27. The number of ether oxygens (including phenoxy) is 2. The van der Waals surface area contributed by atoms with E-state index in [1.165, 1.54) is 32.4 Å². The summed E-state index contributed by atoms with van der Waals surface area (Å²) in [5.74, 6) is -1.50. The SMILES string of the molecule is CCCC[P+](CCCC)(CCCC)CCOS(=O)(=O)c1cc(C(=O)OC)cc(C(=O)OC)c1. The number of carbonyl (C=O) groups is 2. The molecule has 0 unspecified atom stereocenters. The number of methoxy groups -OCH3 is 2. The van der Waals surface area contributed by atoms with Crippen molar-refractivity contribution in [3.05, 3.63) is 29.3 Å². The van der Waals surface area contributed by atoms with Crippen LogP contribution in [0.15, 0.2) is 23.1 Å². The first-order valence-corrected chi connectivity index (χ1v) is 15.7. The third-order valence-corrected chi connectivity index (χ3v) is 12.0. The van der Waals surface area contributed by atoms with Crippen molar-refractivity contribution in [3.8, 4) is 0 Å². The minimum absolute atomic E-state index is 0.0572. The molecule has 1 rings (SSSR count). The summed E-state index contributed by atoms with van der Waals surface area (Å²) in [5.41, 5.74) is -0.114. The molecule has 0 aliphatic rings. The van der Waals surface area contributed by atoms with Crippen molar-refractivity contribution in [2.75, 3.05) is 45.5 Å². The molecule has 9 heteroatoms. The van der Waals surface area contributed by atoms with E-state index in [0.29, 0.717) is 0 Å². The Kier molecular flexibility index (Phi) is 13.2. The fourth-order valence-electron chi connectivity index (χ4n) is 3.77. The number of benzene rings is 1. The van der Waals surface area contributed by atoms with Crippen LogP contribution in [-0.4, -0.2) is 65.8 Å². The first-order valence-electron chi connectivity index (χ1n) is 11.7. The van der Waals surface area contributed by atoms with Gasteiger partial charge in [0, 0.05) is 7.26 Å². The first kappa shape index (κ1) is 29.5. The molecule has 0 spiro atoms. The smallest absolute Gasteiger partial charge is 0.337 e. The van der Waals surface area contributed by atoms with Crippen LogP contribution in [0, 0.1) is 0 Å². The lowest BCUT2D eigenvalue weighted by Crippen LogP contribution is -2.19. The van der Waals surface area contributed by atoms with E-state index in [-0.39, 0.29) is 22.6 Å². The summed E-state index contributed by atoms with van der Waals surface area (Å²) in [6, 6.07) is 3.58. The number of unbranched alkanes of at least 4 members (excludes halogenated alkanes) is 3. The molecule has 0 amide bonds. The molecule has 1 aromatic carbocycles. The molecule has 0 atom stereocenters. The van der Waals surface area contributed by atoms with E-state index in [2.05, 4.69) is 30.2 Å². The molecular formula is C24H40O7PS+. The number of carbonyl (C=O) groups excluding carboxylic acids is 2. The molecule has 0 heterocycles. The summed E-state index contributed by atoms with van der Waals surface area (Å²) in [7, 11) is -3.12. The van der Waals surface area contributed by atoms with Gasteiger partial charge in [-0.05, 0) is 37.5 Å². The van der Waals surface area contributed by atoms with Crippen molar-refractivity contribution in [3.63, 3.8) is 0 Å². The van der Waals surface area contributed by atoms with Gasteiger partial charge in [0.2, 0.25) is 0 Å². The highest BCUT2D eigenvalue weighted by atomic mass is 32.2. The maximum absolute atomic E-state index is 13.0. The Morgan fingerprint density at radius 3 is 1.55 bits per heavy atom. The lowest BCUT2D eigenvalue weighted by atomic mass is 10.1. The van der Waals surface area contributed by atoms with Crippen LogP contribution in [0.4, 0.5) is 0 Å². The highest BCUT2D eigenvalue weighted by Gasteiger charge is 2.36. The molecule has 0 fully saturated rings. The first-order chi connectivity index (χ1) is 15.7. The van der Waals surface area contributed by atoms with E-state index in [1.807, 2.05) is 0 Å². The summed E-state index contributed by atoms with van der Waals surface area (Å²) in [4.78, 5) is 23.7. The quantitative estimate of drug-likeness (QED) is 0.170. The fourth-order valence-corrected chi connectivity index (χ4v) is 9.66. The van der Waals surface area contributed by atoms with Gasteiger partial charge in [-0.1, -0.05) is 40.0 Å². The summed E-state index contributed by atoms with van der Waals surface area (Å²) < 4.78 is 40.8. The molecule has 0 N–H and O–H groups in total. The molecule has 0 saturated heterocycles. The van der Waals surface area contributed by atoms with Crippen molar-refractivity contribution in [1.82, 2.24) is 0 Å². The highest BCUT2D eigenvalue weighted by molar-refractivity contribution is 7.86. The second kappa shape index (κ2) is 14.7. The van der Waals surface area contributed by atoms with Gasteiger partial charge in [-0.25, -0.2) is 9.59 Å². The number of rotatable bonds is 16. The van der Waals surface area contributed by atoms with E-state index in [4.69, 9.17) is 4.18 Å². The zero-order valence-corrected chi connectivity index (χ0v) is 22.4. The molecule has 0 radical (unpaired) electrons. The van der Waals surface area contributed by atoms with E-state index in [0.717, 1.165) is 63.2 Å². The summed E-state index contributed by atoms with van der Waals surface area (Å²) in [5, 5.41) is 0. The molecule has 0 aliphatic heterocycles. The number of hydrogen-bond donors (Lipinski definition) is 0. The van der Waals surface area contributed by atoms with Crippen LogP contribution in [0.3, 0.4) is 0 Å². The maximum Gasteiger partial charge on any atom is 0.337 e. The number of hydrogen-bond acceptors (Lipinski definition) is 7. The molecule has 33 heavy (non-hydrogen) atoms. The Morgan fingerprint density at radius 1 is 0.758 bits per heavy atom. The third-order valence-electron chi connectivity index (χ3n) is 5.80. The molecule has 0 bridgehead atoms. The normalized spacial score (nSPS) is 11.9. The van der Waals surface area contributed by atoms with Gasteiger partial charge in [-0.3, -0.25) is 4.18 Å². The maximum atomic E-state index is 13.0. The Bertz CT molecular complexity index is 812. The fraction of sp³-hybridized carbons (Fsp3) is 0.667. The molecule has 0 aromatic heterocycles. The van der Waals surface area contributed by atoms with Crippen LogP contribution in [0.25, 0.3) is 0 Å². The largest absolute Gasteiger partial charge is 0.465 e. The number of esters is 2. The zero-order valence-electron chi connectivity index (χ0n) is 20.7. The van der Waals surface area contributed by atoms with Crippen molar-refractivity contribution < 1.29 is 31.7 Å².